The third-order valence-corrected chi connectivity index (χ3v) is 7.28. The lowest BCUT2D eigenvalue weighted by molar-refractivity contribution is -0.146. The Morgan fingerprint density at radius 2 is 1.34 bits per heavy atom. The van der Waals surface area contributed by atoms with E-state index in [0.29, 0.717) is 0 Å². The Morgan fingerprint density at radius 1 is 0.914 bits per heavy atom. The van der Waals surface area contributed by atoms with Crippen LogP contribution >= 0.6 is 0 Å². The molecule has 1 aromatic carbocycles. The van der Waals surface area contributed by atoms with Gasteiger partial charge in [-0.15, -0.1) is 0 Å². The van der Waals surface area contributed by atoms with Crippen LogP contribution in [0.15, 0.2) is 24.3 Å². The van der Waals surface area contributed by atoms with Gasteiger partial charge in [0.15, 0.2) is 11.6 Å². The fourth-order valence-corrected chi connectivity index (χ4v) is 5.88. The van der Waals surface area contributed by atoms with Crippen molar-refractivity contribution < 1.29 is 47.7 Å². The lowest BCUT2D eigenvalue weighted by Crippen LogP contribution is -2.68. The number of ether oxygens (including phenoxy) is 1. The van der Waals surface area contributed by atoms with Crippen molar-refractivity contribution in [3.05, 3.63) is 29.8 Å². The number of aliphatic hydroxyl groups excluding tert-OH is 4. The SMILES string of the molecule is CCC(Oc1ccc(C(C)(C)CC(C)(C)C)cc1)C(C(=O)C(O)CO)(C(=O)C(O)CO)S(=O)(=O)O. The zero-order valence-corrected chi connectivity index (χ0v) is 21.9. The molecule has 1 aromatic rings. The molecule has 0 spiro atoms. The molecule has 0 aliphatic rings. The summed E-state index contributed by atoms with van der Waals surface area (Å²) in [4.78, 5) is 25.9. The van der Waals surface area contributed by atoms with E-state index in [4.69, 9.17) is 4.74 Å². The van der Waals surface area contributed by atoms with Gasteiger partial charge in [0.1, 0.15) is 24.1 Å². The van der Waals surface area contributed by atoms with E-state index < -0.39 is 58.0 Å². The van der Waals surface area contributed by atoms with Gasteiger partial charge in [0.05, 0.1) is 13.2 Å². The average molecular weight is 519 g/mol. The van der Waals surface area contributed by atoms with Crippen LogP contribution in [0.3, 0.4) is 0 Å². The van der Waals surface area contributed by atoms with Crippen molar-refractivity contribution in [1.82, 2.24) is 0 Å². The lowest BCUT2D eigenvalue weighted by atomic mass is 9.72. The van der Waals surface area contributed by atoms with Gasteiger partial charge >= 0.3 is 0 Å². The number of benzene rings is 1. The molecular formula is C24H38O10S. The first kappa shape index (κ1) is 31.1. The van der Waals surface area contributed by atoms with Gasteiger partial charge in [-0.1, -0.05) is 53.7 Å². The molecular weight excluding hydrogens is 480 g/mol. The summed E-state index contributed by atoms with van der Waals surface area (Å²) in [6.45, 7) is 9.32. The van der Waals surface area contributed by atoms with Crippen molar-refractivity contribution in [3.8, 4) is 5.75 Å². The molecule has 3 atom stereocenters. The van der Waals surface area contributed by atoms with E-state index in [1.54, 1.807) is 12.1 Å². The van der Waals surface area contributed by atoms with Crippen LogP contribution in [0.1, 0.15) is 59.9 Å². The zero-order valence-electron chi connectivity index (χ0n) is 21.1. The molecule has 0 heterocycles. The van der Waals surface area contributed by atoms with Gasteiger partial charge in [0, 0.05) is 0 Å². The van der Waals surface area contributed by atoms with Gasteiger partial charge in [-0.05, 0) is 41.4 Å². The van der Waals surface area contributed by atoms with Gasteiger partial charge in [-0.3, -0.25) is 14.1 Å². The van der Waals surface area contributed by atoms with Crippen LogP contribution < -0.4 is 4.74 Å². The van der Waals surface area contributed by atoms with E-state index in [2.05, 4.69) is 34.6 Å². The van der Waals surface area contributed by atoms with Crippen LogP contribution in [0.5, 0.6) is 5.75 Å². The van der Waals surface area contributed by atoms with E-state index in [-0.39, 0.29) is 23.0 Å². The Hall–Kier alpha value is -1.89. The molecule has 0 aromatic heterocycles. The molecule has 0 amide bonds. The standard InChI is InChI=1S/C24H38O10S/c1-7-19(34-16-10-8-15(9-11-16)23(5,6)14-22(2,3)4)24(35(31,32)33,20(29)17(27)12-25)21(30)18(28)13-26/h8-11,17-19,25-28H,7,12-14H2,1-6H3,(H,31,32,33). The van der Waals surface area contributed by atoms with E-state index in [1.165, 1.54) is 19.1 Å². The molecule has 0 bridgehead atoms. The topological polar surface area (TPSA) is 179 Å². The highest BCUT2D eigenvalue weighted by Crippen LogP contribution is 2.37. The molecule has 0 fully saturated rings. The average Bonchev–Trinajstić information content (AvgIpc) is 2.74. The second-order valence-corrected chi connectivity index (χ2v) is 12.1. The predicted octanol–water partition coefficient (Wildman–Crippen LogP) is 1.03. The second kappa shape index (κ2) is 11.4. The third kappa shape index (κ3) is 6.87. The van der Waals surface area contributed by atoms with E-state index in [1.807, 2.05) is 0 Å². The minimum atomic E-state index is -5.68. The fourth-order valence-electron chi connectivity index (χ4n) is 4.55. The van der Waals surface area contributed by atoms with Crippen molar-refractivity contribution >= 4 is 21.7 Å². The highest BCUT2D eigenvalue weighted by molar-refractivity contribution is 7.89. The first-order chi connectivity index (χ1) is 15.9. The van der Waals surface area contributed by atoms with Crippen LogP contribution in [0.25, 0.3) is 0 Å². The minimum absolute atomic E-state index is 0.0445. The largest absolute Gasteiger partial charge is 0.488 e. The summed E-state index contributed by atoms with van der Waals surface area (Å²) in [6, 6.07) is 6.52. The Morgan fingerprint density at radius 3 is 1.66 bits per heavy atom. The minimum Gasteiger partial charge on any atom is -0.488 e. The number of hydrogen-bond donors (Lipinski definition) is 5. The van der Waals surface area contributed by atoms with Crippen molar-refractivity contribution in [2.24, 2.45) is 5.41 Å². The second-order valence-electron chi connectivity index (χ2n) is 10.5. The Balaban J connectivity index is 3.59. The van der Waals surface area contributed by atoms with Crippen LogP contribution in [0.4, 0.5) is 0 Å². The summed E-state index contributed by atoms with van der Waals surface area (Å²) in [5.41, 5.74) is 0.775. The number of aliphatic hydroxyl groups is 4. The van der Waals surface area contributed by atoms with Gasteiger partial charge in [-0.2, -0.15) is 8.42 Å². The summed E-state index contributed by atoms with van der Waals surface area (Å²) in [5.74, 6) is -3.51. The number of rotatable bonds is 13. The van der Waals surface area contributed by atoms with E-state index >= 15 is 0 Å². The fraction of sp³-hybridized carbons (Fsp3) is 0.667. The highest BCUT2D eigenvalue weighted by Gasteiger charge is 2.65. The summed E-state index contributed by atoms with van der Waals surface area (Å²) >= 11 is 0. The molecule has 35 heavy (non-hydrogen) atoms. The lowest BCUT2D eigenvalue weighted by Gasteiger charge is -2.37. The van der Waals surface area contributed by atoms with Crippen molar-refractivity contribution in [2.45, 2.75) is 82.9 Å². The number of Topliss-reactive ketones (excluding diaryl/α,β-unsaturated/α-hetero) is 2. The normalized spacial score (nSPS) is 17.2. The van der Waals surface area contributed by atoms with Gasteiger partial charge < -0.3 is 25.2 Å². The molecule has 0 radical (unpaired) electrons. The number of carbonyl (C=O) groups excluding carboxylic acids is 2. The molecule has 0 aliphatic carbocycles. The summed E-state index contributed by atoms with van der Waals surface area (Å²) in [7, 11) is -5.68. The predicted molar refractivity (Wildman–Crippen MR) is 129 cm³/mol. The van der Waals surface area contributed by atoms with Crippen LogP contribution in [0.2, 0.25) is 0 Å². The molecule has 3 unspecified atom stereocenters. The summed E-state index contributed by atoms with van der Waals surface area (Å²) in [6.07, 6.45) is -6.17. The van der Waals surface area contributed by atoms with Crippen molar-refractivity contribution in [1.29, 1.82) is 0 Å². The first-order valence-corrected chi connectivity index (χ1v) is 12.7. The van der Waals surface area contributed by atoms with E-state index in [9.17, 15) is 43.0 Å². The Bertz CT molecular complexity index is 955. The molecule has 0 aliphatic heterocycles. The maximum Gasteiger partial charge on any atom is 0.289 e. The summed E-state index contributed by atoms with van der Waals surface area (Å²) in [5, 5.41) is 38.3. The van der Waals surface area contributed by atoms with Crippen LogP contribution in [-0.4, -0.2) is 81.2 Å². The molecule has 0 saturated heterocycles. The van der Waals surface area contributed by atoms with E-state index in [0.717, 1.165) is 12.0 Å². The first-order valence-electron chi connectivity index (χ1n) is 11.3. The number of hydrogen-bond acceptors (Lipinski definition) is 9. The molecule has 10 nitrogen and oxygen atoms in total. The smallest absolute Gasteiger partial charge is 0.289 e. The number of carbonyl (C=O) groups is 2. The van der Waals surface area contributed by atoms with Crippen LogP contribution in [0, 0.1) is 5.41 Å². The quantitative estimate of drug-likeness (QED) is 0.187. The zero-order chi connectivity index (χ0) is 27.4. The maximum atomic E-state index is 13.0. The summed E-state index contributed by atoms with van der Waals surface area (Å²) < 4.78 is 37.3. The molecule has 1 rings (SSSR count). The van der Waals surface area contributed by atoms with Gasteiger partial charge in [0.25, 0.3) is 14.9 Å². The third-order valence-electron chi connectivity index (χ3n) is 5.80. The molecule has 5 N–H and O–H groups in total. The monoisotopic (exact) mass is 518 g/mol. The van der Waals surface area contributed by atoms with Crippen molar-refractivity contribution in [3.63, 3.8) is 0 Å². The van der Waals surface area contributed by atoms with Gasteiger partial charge in [-0.25, -0.2) is 0 Å². The Kier molecular flexibility index (Phi) is 10.2. The van der Waals surface area contributed by atoms with Crippen molar-refractivity contribution in [2.75, 3.05) is 13.2 Å². The highest BCUT2D eigenvalue weighted by atomic mass is 32.2. The molecule has 200 valence electrons. The Labute approximate surface area is 206 Å². The van der Waals surface area contributed by atoms with Crippen LogP contribution in [-0.2, 0) is 25.1 Å². The maximum absolute atomic E-state index is 13.0. The molecule has 11 heteroatoms. The molecule has 0 saturated carbocycles. The van der Waals surface area contributed by atoms with Gasteiger partial charge in [0.2, 0.25) is 0 Å². The number of ketones is 2.